The molecule has 0 aliphatic carbocycles. The van der Waals surface area contributed by atoms with Crippen LogP contribution in [0, 0.1) is 0 Å². The summed E-state index contributed by atoms with van der Waals surface area (Å²) in [6.45, 7) is 1.32. The molecule has 0 aromatic carbocycles. The molecule has 180 valence electrons. The first-order valence-corrected chi connectivity index (χ1v) is 9.92. The summed E-state index contributed by atoms with van der Waals surface area (Å²) in [6.07, 6.45) is -2.01. The molecule has 1 aliphatic rings. The molecule has 5 atom stereocenters. The van der Waals surface area contributed by atoms with Gasteiger partial charge in [-0.15, -0.1) is 0 Å². The van der Waals surface area contributed by atoms with E-state index in [-0.39, 0.29) is 25.8 Å². The topological polar surface area (TPSA) is 242 Å². The fourth-order valence-corrected chi connectivity index (χ4v) is 3.18. The molecule has 4 amide bonds. The first-order valence-electron chi connectivity index (χ1n) is 9.92. The van der Waals surface area contributed by atoms with Gasteiger partial charge in [-0.3, -0.25) is 24.0 Å². The molecule has 1 heterocycles. The number of nitrogens with two attached hydrogens (primary N) is 2. The maximum Gasteiger partial charge on any atom is 0.326 e. The van der Waals surface area contributed by atoms with Crippen LogP contribution in [0.5, 0.6) is 0 Å². The standard InChI is InChI=1S/C18H29N5O9/c1-8(24)14(20)16(29)22-10(7-13(26)27)17(30)23-6-2-3-11(23)15(28)21-9(18(31)32)4-5-12(19)25/h8-11,14,24H,2-7,20H2,1H3,(H2,19,25)(H,21,28)(H,22,29)(H,26,27)(H,31,32). The highest BCUT2D eigenvalue weighted by Gasteiger charge is 2.40. The molecule has 0 bridgehead atoms. The Labute approximate surface area is 183 Å². The number of aliphatic carboxylic acids is 2. The van der Waals surface area contributed by atoms with Crippen LogP contribution in [0.25, 0.3) is 0 Å². The first kappa shape index (κ1) is 26.8. The minimum atomic E-state index is -1.55. The van der Waals surface area contributed by atoms with Crippen LogP contribution in [0.3, 0.4) is 0 Å². The number of carboxylic acids is 2. The SMILES string of the molecule is CC(O)C(N)C(=O)NC(CC(=O)O)C(=O)N1CCCC1C(=O)NC(CCC(N)=O)C(=O)O. The van der Waals surface area contributed by atoms with E-state index in [1.54, 1.807) is 0 Å². The zero-order valence-corrected chi connectivity index (χ0v) is 17.5. The predicted molar refractivity (Wildman–Crippen MR) is 107 cm³/mol. The molecule has 32 heavy (non-hydrogen) atoms. The molecule has 9 N–H and O–H groups in total. The number of likely N-dealkylation sites (tertiary alicyclic amines) is 1. The van der Waals surface area contributed by atoms with E-state index in [0.717, 1.165) is 4.90 Å². The summed E-state index contributed by atoms with van der Waals surface area (Å²) < 4.78 is 0. The highest BCUT2D eigenvalue weighted by molar-refractivity contribution is 5.96. The van der Waals surface area contributed by atoms with E-state index < -0.39 is 72.3 Å². The number of nitrogens with zero attached hydrogens (tertiary/aromatic N) is 1. The Morgan fingerprint density at radius 3 is 2.22 bits per heavy atom. The molecular weight excluding hydrogens is 430 g/mol. The number of primary amides is 1. The van der Waals surface area contributed by atoms with Gasteiger partial charge in [0, 0.05) is 13.0 Å². The number of aliphatic hydroxyl groups is 1. The maximum absolute atomic E-state index is 12.9. The van der Waals surface area contributed by atoms with Crippen molar-refractivity contribution in [3.63, 3.8) is 0 Å². The molecule has 14 nitrogen and oxygen atoms in total. The van der Waals surface area contributed by atoms with Gasteiger partial charge in [0.2, 0.25) is 23.6 Å². The minimum Gasteiger partial charge on any atom is -0.481 e. The van der Waals surface area contributed by atoms with Crippen LogP contribution in [-0.4, -0.2) is 92.6 Å². The second-order valence-electron chi connectivity index (χ2n) is 7.52. The third kappa shape index (κ3) is 7.77. The van der Waals surface area contributed by atoms with Crippen molar-refractivity contribution in [2.75, 3.05) is 6.54 Å². The summed E-state index contributed by atoms with van der Waals surface area (Å²) in [5, 5.41) is 32.2. The van der Waals surface area contributed by atoms with Gasteiger partial charge in [-0.2, -0.15) is 0 Å². The number of hydrogen-bond acceptors (Lipinski definition) is 8. The largest absolute Gasteiger partial charge is 0.481 e. The highest BCUT2D eigenvalue weighted by atomic mass is 16.4. The van der Waals surface area contributed by atoms with Crippen LogP contribution in [0.1, 0.15) is 39.0 Å². The number of carboxylic acid groups (broad SMARTS) is 2. The molecule has 0 aromatic heterocycles. The van der Waals surface area contributed by atoms with Crippen molar-refractivity contribution in [1.82, 2.24) is 15.5 Å². The van der Waals surface area contributed by atoms with Gasteiger partial charge in [-0.1, -0.05) is 0 Å². The molecule has 14 heteroatoms. The summed E-state index contributed by atoms with van der Waals surface area (Å²) in [4.78, 5) is 72.2. The van der Waals surface area contributed by atoms with Crippen LogP contribution in [0.2, 0.25) is 0 Å². The molecule has 0 spiro atoms. The van der Waals surface area contributed by atoms with Crippen molar-refractivity contribution in [2.24, 2.45) is 11.5 Å². The van der Waals surface area contributed by atoms with E-state index in [2.05, 4.69) is 10.6 Å². The van der Waals surface area contributed by atoms with E-state index >= 15 is 0 Å². The van der Waals surface area contributed by atoms with E-state index in [4.69, 9.17) is 16.6 Å². The van der Waals surface area contributed by atoms with Gasteiger partial charge in [0.05, 0.1) is 12.5 Å². The molecule has 0 aromatic rings. The average molecular weight is 459 g/mol. The quantitative estimate of drug-likeness (QED) is 0.152. The Balaban J connectivity index is 2.96. The number of aliphatic hydroxyl groups excluding tert-OH is 1. The fraction of sp³-hybridized carbons (Fsp3) is 0.667. The Hall–Kier alpha value is -3.26. The van der Waals surface area contributed by atoms with Gasteiger partial charge in [-0.25, -0.2) is 4.79 Å². The lowest BCUT2D eigenvalue weighted by Crippen LogP contribution is -2.58. The maximum atomic E-state index is 12.9. The fourth-order valence-electron chi connectivity index (χ4n) is 3.18. The lowest BCUT2D eigenvalue weighted by Gasteiger charge is -2.29. The molecule has 1 rings (SSSR count). The van der Waals surface area contributed by atoms with E-state index in [9.17, 15) is 39.0 Å². The van der Waals surface area contributed by atoms with Crippen molar-refractivity contribution in [2.45, 2.75) is 69.3 Å². The number of rotatable bonds is 12. The molecule has 5 unspecified atom stereocenters. The third-order valence-electron chi connectivity index (χ3n) is 4.95. The second-order valence-corrected chi connectivity index (χ2v) is 7.52. The van der Waals surface area contributed by atoms with Crippen molar-refractivity contribution in [1.29, 1.82) is 0 Å². The summed E-state index contributed by atoms with van der Waals surface area (Å²) in [5.41, 5.74) is 10.5. The Kier molecular flexibility index (Phi) is 10.00. The zero-order valence-electron chi connectivity index (χ0n) is 17.5. The number of amides is 4. The van der Waals surface area contributed by atoms with Gasteiger partial charge in [-0.05, 0) is 26.2 Å². The molecule has 0 radical (unpaired) electrons. The van der Waals surface area contributed by atoms with E-state index in [1.807, 2.05) is 0 Å². The van der Waals surface area contributed by atoms with Crippen LogP contribution in [0.4, 0.5) is 0 Å². The molecule has 1 aliphatic heterocycles. The van der Waals surface area contributed by atoms with E-state index in [0.29, 0.717) is 6.42 Å². The van der Waals surface area contributed by atoms with Gasteiger partial charge in [0.25, 0.3) is 0 Å². The summed E-state index contributed by atoms with van der Waals surface area (Å²) in [6, 6.07) is -5.47. The van der Waals surface area contributed by atoms with Crippen molar-refractivity contribution in [3.05, 3.63) is 0 Å². The van der Waals surface area contributed by atoms with Crippen LogP contribution < -0.4 is 22.1 Å². The summed E-state index contributed by atoms with van der Waals surface area (Å²) in [5.74, 6) is -6.14. The number of nitrogens with one attached hydrogen (secondary N) is 2. The average Bonchev–Trinajstić information content (AvgIpc) is 3.18. The first-order chi connectivity index (χ1) is 14.8. The van der Waals surface area contributed by atoms with Crippen molar-refractivity contribution < 1.29 is 44.1 Å². The second kappa shape index (κ2) is 12.0. The highest BCUT2D eigenvalue weighted by Crippen LogP contribution is 2.20. The predicted octanol–water partition coefficient (Wildman–Crippen LogP) is -3.52. The Morgan fingerprint density at radius 1 is 1.09 bits per heavy atom. The number of hydrogen-bond donors (Lipinski definition) is 7. The van der Waals surface area contributed by atoms with Gasteiger partial charge < -0.3 is 42.3 Å². The molecule has 1 fully saturated rings. The third-order valence-corrected chi connectivity index (χ3v) is 4.95. The van der Waals surface area contributed by atoms with Crippen LogP contribution in [-0.2, 0) is 28.8 Å². The van der Waals surface area contributed by atoms with Crippen molar-refractivity contribution >= 4 is 35.6 Å². The van der Waals surface area contributed by atoms with Gasteiger partial charge >= 0.3 is 11.9 Å². The summed E-state index contributed by atoms with van der Waals surface area (Å²) in [7, 11) is 0. The van der Waals surface area contributed by atoms with E-state index in [1.165, 1.54) is 6.92 Å². The number of carbonyl (C=O) groups is 6. The van der Waals surface area contributed by atoms with Crippen molar-refractivity contribution in [3.8, 4) is 0 Å². The molecule has 0 saturated carbocycles. The number of carbonyl (C=O) groups excluding carboxylic acids is 4. The van der Waals surface area contributed by atoms with Gasteiger partial charge in [0.1, 0.15) is 24.2 Å². The lowest BCUT2D eigenvalue weighted by molar-refractivity contribution is -0.147. The smallest absolute Gasteiger partial charge is 0.326 e. The molecular formula is C18H29N5O9. The molecule has 1 saturated heterocycles. The zero-order chi connectivity index (χ0) is 24.6. The lowest BCUT2D eigenvalue weighted by atomic mass is 10.1. The Bertz CT molecular complexity index is 757. The summed E-state index contributed by atoms with van der Waals surface area (Å²) >= 11 is 0. The van der Waals surface area contributed by atoms with Crippen LogP contribution in [0.15, 0.2) is 0 Å². The normalized spacial score (nSPS) is 19.3. The van der Waals surface area contributed by atoms with Gasteiger partial charge in [0.15, 0.2) is 0 Å². The minimum absolute atomic E-state index is 0.0738. The Morgan fingerprint density at radius 2 is 1.72 bits per heavy atom. The monoisotopic (exact) mass is 459 g/mol. The van der Waals surface area contributed by atoms with Crippen LogP contribution >= 0.6 is 0 Å².